The van der Waals surface area contributed by atoms with E-state index in [1.165, 1.54) is 48.8 Å². The van der Waals surface area contributed by atoms with Gasteiger partial charge in [0, 0.05) is 0 Å². The van der Waals surface area contributed by atoms with Crippen molar-refractivity contribution < 1.29 is 0 Å². The first-order valence-electron chi connectivity index (χ1n) is 8.72. The lowest BCUT2D eigenvalue weighted by atomic mass is 9.89. The van der Waals surface area contributed by atoms with E-state index >= 15 is 0 Å². The molecule has 0 heterocycles. The summed E-state index contributed by atoms with van der Waals surface area (Å²) in [6.07, 6.45) is 12.9. The molecule has 0 spiro atoms. The first-order chi connectivity index (χ1) is 10.6. The van der Waals surface area contributed by atoms with Crippen LogP contribution in [0, 0.1) is 0 Å². The topological polar surface area (TPSA) is 0 Å². The summed E-state index contributed by atoms with van der Waals surface area (Å²) in [6, 6.07) is 9.13. The van der Waals surface area contributed by atoms with Crippen molar-refractivity contribution in [2.24, 2.45) is 0 Å². The van der Waals surface area contributed by atoms with Crippen molar-refractivity contribution in [2.75, 3.05) is 0 Å². The third kappa shape index (κ3) is 6.05. The van der Waals surface area contributed by atoms with Crippen LogP contribution in [0.25, 0.3) is 5.57 Å². The maximum atomic E-state index is 3.99. The van der Waals surface area contributed by atoms with Gasteiger partial charge >= 0.3 is 0 Å². The third-order valence-electron chi connectivity index (χ3n) is 4.11. The molecule has 0 saturated carbocycles. The van der Waals surface area contributed by atoms with Gasteiger partial charge in [-0.15, -0.1) is 0 Å². The normalized spacial score (nSPS) is 13.5. The number of unbranched alkanes of at least 4 members (excludes halogenated alkanes) is 2. The number of allylic oxidation sites excluding steroid dienone is 5. The molecule has 0 aliphatic rings. The fraction of sp³-hybridized carbons (Fsp3) is 0.455. The minimum Gasteiger partial charge on any atom is -0.0961 e. The minimum atomic E-state index is 0.705. The predicted molar refractivity (Wildman–Crippen MR) is 101 cm³/mol. The number of hydrogen-bond acceptors (Lipinski definition) is 0. The van der Waals surface area contributed by atoms with E-state index in [0.717, 1.165) is 5.57 Å². The van der Waals surface area contributed by atoms with Crippen LogP contribution in [0.5, 0.6) is 0 Å². The first-order valence-corrected chi connectivity index (χ1v) is 8.72. The molecule has 1 atom stereocenters. The van der Waals surface area contributed by atoms with E-state index in [9.17, 15) is 0 Å². The molecule has 0 aromatic heterocycles. The molecule has 0 radical (unpaired) electrons. The van der Waals surface area contributed by atoms with Crippen LogP contribution in [-0.4, -0.2) is 0 Å². The van der Waals surface area contributed by atoms with Crippen LogP contribution in [-0.2, 0) is 0 Å². The quantitative estimate of drug-likeness (QED) is 0.331. The summed E-state index contributed by atoms with van der Waals surface area (Å²) in [6.45, 7) is 12.7. The highest BCUT2D eigenvalue weighted by Crippen LogP contribution is 2.27. The molecule has 0 saturated heterocycles. The third-order valence-corrected chi connectivity index (χ3v) is 4.11. The molecule has 0 aliphatic carbocycles. The Kier molecular flexibility index (Phi) is 8.58. The molecule has 0 amide bonds. The zero-order chi connectivity index (χ0) is 16.4. The lowest BCUT2D eigenvalue weighted by Gasteiger charge is -2.16. The predicted octanol–water partition coefficient (Wildman–Crippen LogP) is 7.30. The van der Waals surface area contributed by atoms with E-state index in [4.69, 9.17) is 0 Å². The van der Waals surface area contributed by atoms with Gasteiger partial charge < -0.3 is 0 Å². The second-order valence-electron chi connectivity index (χ2n) is 6.17. The van der Waals surface area contributed by atoms with Gasteiger partial charge in [0.05, 0.1) is 0 Å². The molecule has 0 N–H and O–H groups in total. The van der Waals surface area contributed by atoms with Gasteiger partial charge in [-0.2, -0.15) is 0 Å². The van der Waals surface area contributed by atoms with E-state index in [0.29, 0.717) is 5.92 Å². The first kappa shape index (κ1) is 18.5. The number of rotatable bonds is 9. The van der Waals surface area contributed by atoms with E-state index in [-0.39, 0.29) is 0 Å². The summed E-state index contributed by atoms with van der Waals surface area (Å²) in [5.41, 5.74) is 5.08. The molecule has 22 heavy (non-hydrogen) atoms. The molecule has 1 aromatic carbocycles. The van der Waals surface area contributed by atoms with Crippen molar-refractivity contribution >= 4 is 5.57 Å². The smallest absolute Gasteiger partial charge is 0.0165 e. The van der Waals surface area contributed by atoms with Gasteiger partial charge in [0.2, 0.25) is 0 Å². The Morgan fingerprint density at radius 1 is 1.14 bits per heavy atom. The Bertz CT molecular complexity index is 499. The molecular weight excluding hydrogens is 264 g/mol. The van der Waals surface area contributed by atoms with Gasteiger partial charge in [-0.3, -0.25) is 0 Å². The molecule has 1 rings (SSSR count). The summed E-state index contributed by atoms with van der Waals surface area (Å²) >= 11 is 0. The van der Waals surface area contributed by atoms with Crippen molar-refractivity contribution in [3.05, 3.63) is 65.8 Å². The second-order valence-corrected chi connectivity index (χ2v) is 6.17. The molecule has 120 valence electrons. The van der Waals surface area contributed by atoms with Crippen LogP contribution in [0.1, 0.15) is 76.8 Å². The lowest BCUT2D eigenvalue weighted by Crippen LogP contribution is -1.98. The van der Waals surface area contributed by atoms with Crippen molar-refractivity contribution in [2.45, 2.75) is 65.7 Å². The summed E-state index contributed by atoms with van der Waals surface area (Å²) in [7, 11) is 0. The average molecular weight is 296 g/mol. The summed E-state index contributed by atoms with van der Waals surface area (Å²) < 4.78 is 0. The Morgan fingerprint density at radius 3 is 2.32 bits per heavy atom. The van der Waals surface area contributed by atoms with E-state index in [1.54, 1.807) is 0 Å². The zero-order valence-electron chi connectivity index (χ0n) is 14.9. The SMILES string of the molecule is C=C(C)/C=C(\C=CC)c1ccc(C(CC)CCCCC)cc1. The molecule has 0 fully saturated rings. The maximum Gasteiger partial charge on any atom is -0.0165 e. The molecule has 1 unspecified atom stereocenters. The highest BCUT2D eigenvalue weighted by atomic mass is 14.1. The van der Waals surface area contributed by atoms with Crippen molar-refractivity contribution in [3.63, 3.8) is 0 Å². The lowest BCUT2D eigenvalue weighted by molar-refractivity contribution is 0.553. The average Bonchev–Trinajstić information content (AvgIpc) is 2.51. The Morgan fingerprint density at radius 2 is 1.82 bits per heavy atom. The monoisotopic (exact) mass is 296 g/mol. The van der Waals surface area contributed by atoms with Gasteiger partial charge in [0.1, 0.15) is 0 Å². The number of hydrogen-bond donors (Lipinski definition) is 0. The van der Waals surface area contributed by atoms with Crippen LogP contribution in [0.15, 0.2) is 54.6 Å². The Hall–Kier alpha value is -1.56. The van der Waals surface area contributed by atoms with Gasteiger partial charge in [-0.25, -0.2) is 0 Å². The summed E-state index contributed by atoms with van der Waals surface area (Å²) in [5.74, 6) is 0.705. The second kappa shape index (κ2) is 10.2. The number of benzene rings is 1. The molecule has 0 aliphatic heterocycles. The Labute approximate surface area is 137 Å². The molecule has 1 aromatic rings. The van der Waals surface area contributed by atoms with Crippen LogP contribution in [0.4, 0.5) is 0 Å². The van der Waals surface area contributed by atoms with Crippen LogP contribution in [0.2, 0.25) is 0 Å². The summed E-state index contributed by atoms with van der Waals surface area (Å²) in [5, 5.41) is 0. The minimum absolute atomic E-state index is 0.705. The fourth-order valence-corrected chi connectivity index (χ4v) is 2.87. The highest BCUT2D eigenvalue weighted by molar-refractivity contribution is 5.75. The molecule has 0 bridgehead atoms. The van der Waals surface area contributed by atoms with Crippen LogP contribution < -0.4 is 0 Å². The van der Waals surface area contributed by atoms with E-state index in [2.05, 4.69) is 69.8 Å². The largest absolute Gasteiger partial charge is 0.0961 e. The van der Waals surface area contributed by atoms with Crippen LogP contribution in [0.3, 0.4) is 0 Å². The van der Waals surface area contributed by atoms with E-state index in [1.807, 2.05) is 6.92 Å². The van der Waals surface area contributed by atoms with Gasteiger partial charge in [0.25, 0.3) is 0 Å². The zero-order valence-corrected chi connectivity index (χ0v) is 14.9. The summed E-state index contributed by atoms with van der Waals surface area (Å²) in [4.78, 5) is 0. The van der Waals surface area contributed by atoms with Gasteiger partial charge in [0.15, 0.2) is 0 Å². The molecule has 0 nitrogen and oxygen atoms in total. The van der Waals surface area contributed by atoms with Crippen molar-refractivity contribution in [1.29, 1.82) is 0 Å². The maximum absolute atomic E-state index is 3.99. The van der Waals surface area contributed by atoms with Crippen LogP contribution >= 0.6 is 0 Å². The fourth-order valence-electron chi connectivity index (χ4n) is 2.87. The highest BCUT2D eigenvalue weighted by Gasteiger charge is 2.09. The van der Waals surface area contributed by atoms with Gasteiger partial charge in [-0.05, 0) is 49.3 Å². The Balaban J connectivity index is 2.89. The van der Waals surface area contributed by atoms with E-state index < -0.39 is 0 Å². The van der Waals surface area contributed by atoms with Crippen molar-refractivity contribution in [3.8, 4) is 0 Å². The molecule has 0 heteroatoms. The standard InChI is InChI=1S/C22H32/c1-6-9-10-12-19(8-3)20-13-15-21(16-14-20)22(11-7-2)17-18(4)5/h7,11,13-17,19H,4,6,8-10,12H2,1-3,5H3/b11-7?,22-17+. The molecular formula is C22H32. The van der Waals surface area contributed by atoms with Gasteiger partial charge in [-0.1, -0.05) is 87.8 Å². The van der Waals surface area contributed by atoms with Crippen molar-refractivity contribution in [1.82, 2.24) is 0 Å².